The highest BCUT2D eigenvalue weighted by Gasteiger charge is 2.51. The van der Waals surface area contributed by atoms with Crippen LogP contribution in [0.25, 0.3) is 0 Å². The fourth-order valence-electron chi connectivity index (χ4n) is 4.77. The van der Waals surface area contributed by atoms with Crippen molar-refractivity contribution in [2.75, 3.05) is 20.2 Å². The molecule has 4 nitrogen and oxygen atoms in total. The molecule has 4 rings (SSSR count). The number of halogens is 1. The lowest BCUT2D eigenvalue weighted by Gasteiger charge is -2.53. The summed E-state index contributed by atoms with van der Waals surface area (Å²) in [6.45, 7) is 2.10. The molecule has 2 aliphatic rings. The van der Waals surface area contributed by atoms with Crippen LogP contribution in [0, 0.1) is 17.7 Å². The number of rotatable bonds is 4. The molecule has 1 saturated heterocycles. The predicted molar refractivity (Wildman–Crippen MR) is 97.2 cm³/mol. The maximum atomic E-state index is 14.3. The minimum Gasteiger partial charge on any atom is -0.497 e. The molecule has 1 aromatic carbocycles. The van der Waals surface area contributed by atoms with Gasteiger partial charge in [-0.2, -0.15) is 0 Å². The summed E-state index contributed by atoms with van der Waals surface area (Å²) in [4.78, 5) is 6.49. The molecule has 1 N–H and O–H groups in total. The fourth-order valence-corrected chi connectivity index (χ4v) is 4.77. The number of benzene rings is 1. The number of hydrogen-bond donors (Lipinski definition) is 1. The molecular weight excluding hydrogens is 331 g/mol. The molecular formula is C21H25FN2O2. The topological polar surface area (TPSA) is 45.6 Å². The summed E-state index contributed by atoms with van der Waals surface area (Å²) in [7, 11) is 1.54. The second kappa shape index (κ2) is 6.97. The average Bonchev–Trinajstić information content (AvgIpc) is 2.65. The molecule has 1 saturated carbocycles. The number of ether oxygens (including phenoxy) is 1. The van der Waals surface area contributed by atoms with Crippen molar-refractivity contribution in [3.8, 4) is 5.75 Å². The van der Waals surface area contributed by atoms with Gasteiger partial charge in [0.2, 0.25) is 0 Å². The minimum absolute atomic E-state index is 0.153. The van der Waals surface area contributed by atoms with Gasteiger partial charge < -0.3 is 9.84 Å². The number of aromatic nitrogens is 1. The second-order valence-corrected chi connectivity index (χ2v) is 7.54. The Bertz CT molecular complexity index is 754. The van der Waals surface area contributed by atoms with E-state index in [1.165, 1.54) is 6.07 Å². The zero-order valence-electron chi connectivity index (χ0n) is 15.1. The van der Waals surface area contributed by atoms with Crippen molar-refractivity contribution in [2.45, 2.75) is 31.4 Å². The molecule has 2 heterocycles. The molecule has 5 heteroatoms. The summed E-state index contributed by atoms with van der Waals surface area (Å²) in [6.07, 6.45) is 6.66. The molecule has 2 atom stereocenters. The molecule has 0 amide bonds. The van der Waals surface area contributed by atoms with E-state index in [0.29, 0.717) is 17.9 Å². The van der Waals surface area contributed by atoms with Crippen LogP contribution in [0.1, 0.15) is 30.4 Å². The maximum absolute atomic E-state index is 14.3. The van der Waals surface area contributed by atoms with Crippen LogP contribution in [0.3, 0.4) is 0 Å². The first-order chi connectivity index (χ1) is 12.6. The first-order valence-electron chi connectivity index (χ1n) is 9.29. The third kappa shape index (κ3) is 2.99. The molecule has 138 valence electrons. The SMILES string of the molecule is COc1ccc(CN2C[C@H]3CCC[C@H](C2)C3(O)c2cccnc2)c(F)c1. The molecule has 1 aromatic heterocycles. The number of aliphatic hydroxyl groups is 1. The van der Waals surface area contributed by atoms with Gasteiger partial charge in [0, 0.05) is 61.1 Å². The molecule has 0 radical (unpaired) electrons. The predicted octanol–water partition coefficient (Wildman–Crippen LogP) is 3.35. The number of methoxy groups -OCH3 is 1. The minimum atomic E-state index is -0.818. The molecule has 2 fully saturated rings. The van der Waals surface area contributed by atoms with Gasteiger partial charge in [-0.15, -0.1) is 0 Å². The highest BCUT2D eigenvalue weighted by atomic mass is 19.1. The van der Waals surface area contributed by atoms with E-state index in [4.69, 9.17) is 4.74 Å². The first-order valence-corrected chi connectivity index (χ1v) is 9.29. The Morgan fingerprint density at radius 3 is 2.65 bits per heavy atom. The number of fused-ring (bicyclic) bond motifs is 2. The van der Waals surface area contributed by atoms with Crippen LogP contribution in [-0.2, 0) is 12.1 Å². The van der Waals surface area contributed by atoms with E-state index in [1.807, 2.05) is 12.1 Å². The molecule has 1 aliphatic carbocycles. The van der Waals surface area contributed by atoms with Crippen LogP contribution in [0.4, 0.5) is 4.39 Å². The van der Waals surface area contributed by atoms with Crippen molar-refractivity contribution in [3.63, 3.8) is 0 Å². The Hall–Kier alpha value is -1.98. The van der Waals surface area contributed by atoms with Crippen LogP contribution in [-0.4, -0.2) is 35.2 Å². The monoisotopic (exact) mass is 356 g/mol. The largest absolute Gasteiger partial charge is 0.497 e. The summed E-state index contributed by atoms with van der Waals surface area (Å²) in [5, 5.41) is 11.6. The van der Waals surface area contributed by atoms with Gasteiger partial charge in [0.05, 0.1) is 12.7 Å². The van der Waals surface area contributed by atoms with Crippen molar-refractivity contribution in [1.29, 1.82) is 0 Å². The Kier molecular flexibility index (Phi) is 4.67. The normalized spacial score (nSPS) is 28.7. The van der Waals surface area contributed by atoms with Crippen LogP contribution in [0.2, 0.25) is 0 Å². The van der Waals surface area contributed by atoms with E-state index < -0.39 is 5.60 Å². The van der Waals surface area contributed by atoms with Gasteiger partial charge in [-0.05, 0) is 25.0 Å². The summed E-state index contributed by atoms with van der Waals surface area (Å²) < 4.78 is 19.4. The number of pyridine rings is 1. The smallest absolute Gasteiger partial charge is 0.131 e. The summed E-state index contributed by atoms with van der Waals surface area (Å²) >= 11 is 0. The van der Waals surface area contributed by atoms with Crippen molar-refractivity contribution in [3.05, 3.63) is 59.7 Å². The van der Waals surface area contributed by atoms with Crippen molar-refractivity contribution in [1.82, 2.24) is 9.88 Å². The van der Waals surface area contributed by atoms with Crippen LogP contribution in [0.15, 0.2) is 42.7 Å². The summed E-state index contributed by atoms with van der Waals surface area (Å²) in [5.74, 6) is 0.608. The lowest BCUT2D eigenvalue weighted by Crippen LogP contribution is -2.57. The van der Waals surface area contributed by atoms with Gasteiger partial charge in [0.1, 0.15) is 11.6 Å². The van der Waals surface area contributed by atoms with Crippen molar-refractivity contribution in [2.24, 2.45) is 11.8 Å². The number of nitrogens with zero attached hydrogens (tertiary/aromatic N) is 2. The Morgan fingerprint density at radius 2 is 2.04 bits per heavy atom. The second-order valence-electron chi connectivity index (χ2n) is 7.54. The van der Waals surface area contributed by atoms with Crippen LogP contribution in [0.5, 0.6) is 5.75 Å². The van der Waals surface area contributed by atoms with Crippen molar-refractivity contribution >= 4 is 0 Å². The zero-order valence-corrected chi connectivity index (χ0v) is 15.1. The van der Waals surface area contributed by atoms with Gasteiger partial charge in [-0.25, -0.2) is 4.39 Å². The van der Waals surface area contributed by atoms with Gasteiger partial charge in [-0.3, -0.25) is 9.88 Å². The Morgan fingerprint density at radius 1 is 1.27 bits per heavy atom. The Balaban J connectivity index is 1.55. The fraction of sp³-hybridized carbons (Fsp3) is 0.476. The zero-order chi connectivity index (χ0) is 18.1. The van der Waals surface area contributed by atoms with E-state index in [2.05, 4.69) is 9.88 Å². The van der Waals surface area contributed by atoms with Gasteiger partial charge in [0.25, 0.3) is 0 Å². The summed E-state index contributed by atoms with van der Waals surface area (Å²) in [6, 6.07) is 8.91. The molecule has 2 aromatic rings. The van der Waals surface area contributed by atoms with Crippen molar-refractivity contribution < 1.29 is 14.2 Å². The molecule has 0 spiro atoms. The first kappa shape index (κ1) is 17.4. The number of hydrogen-bond acceptors (Lipinski definition) is 4. The molecule has 2 bridgehead atoms. The van der Waals surface area contributed by atoms with E-state index in [1.54, 1.807) is 31.6 Å². The van der Waals surface area contributed by atoms with Gasteiger partial charge >= 0.3 is 0 Å². The van der Waals surface area contributed by atoms with Crippen LogP contribution < -0.4 is 4.74 Å². The van der Waals surface area contributed by atoms with Crippen LogP contribution >= 0.6 is 0 Å². The lowest BCUT2D eigenvalue weighted by atomic mass is 9.63. The van der Waals surface area contributed by atoms with Gasteiger partial charge in [-0.1, -0.05) is 18.6 Å². The molecule has 1 aliphatic heterocycles. The third-order valence-corrected chi connectivity index (χ3v) is 6.09. The summed E-state index contributed by atoms with van der Waals surface area (Å²) in [5.41, 5.74) is 0.780. The number of piperidine rings is 1. The van der Waals surface area contributed by atoms with E-state index >= 15 is 0 Å². The van der Waals surface area contributed by atoms with Gasteiger partial charge in [0.15, 0.2) is 0 Å². The highest BCUT2D eigenvalue weighted by Crippen LogP contribution is 2.49. The molecule has 26 heavy (non-hydrogen) atoms. The maximum Gasteiger partial charge on any atom is 0.131 e. The Labute approximate surface area is 153 Å². The average molecular weight is 356 g/mol. The standard InChI is InChI=1S/C21H25FN2O2/c1-26-19-8-7-15(20(22)10-19)12-24-13-17-4-2-5-18(14-24)21(17,25)16-6-3-9-23-11-16/h3,6-11,17-18,25H,2,4-5,12-14H2,1H3/t17-,18-/m1/s1. The van der Waals surface area contributed by atoms with E-state index in [0.717, 1.165) is 37.9 Å². The quantitative estimate of drug-likeness (QED) is 0.913. The number of likely N-dealkylation sites (tertiary alicyclic amines) is 1. The van der Waals surface area contributed by atoms with E-state index in [-0.39, 0.29) is 17.7 Å². The van der Waals surface area contributed by atoms with E-state index in [9.17, 15) is 9.50 Å². The molecule has 0 unspecified atom stereocenters. The highest BCUT2D eigenvalue weighted by molar-refractivity contribution is 5.29. The third-order valence-electron chi connectivity index (χ3n) is 6.09. The lowest BCUT2D eigenvalue weighted by molar-refractivity contribution is -0.148.